The zero-order valence-corrected chi connectivity index (χ0v) is 17.1. The van der Waals surface area contributed by atoms with Gasteiger partial charge in [0.05, 0.1) is 17.5 Å². The molecule has 2 N–H and O–H groups in total. The van der Waals surface area contributed by atoms with Crippen LogP contribution in [0.4, 0.5) is 0 Å². The van der Waals surface area contributed by atoms with Gasteiger partial charge >= 0.3 is 0 Å². The molecule has 2 atom stereocenters. The standard InChI is InChI=1S/C19H27N5O2.ClH/c1-12(2)26-17-7-5-16(6-8-17)24-14(4)18(21-22-24)19(25)23-11-15(10-20)9-13(23)3;/h5-8,12-13,15H,9-11,20H2,1-4H3;1H. The molecule has 27 heavy (non-hydrogen) atoms. The highest BCUT2D eigenvalue weighted by molar-refractivity contribution is 5.93. The SMILES string of the molecule is Cc1c(C(=O)N2CC(CN)CC2C)nnn1-c1ccc(OC(C)C)cc1.Cl. The van der Waals surface area contributed by atoms with E-state index in [1.807, 2.05) is 49.9 Å². The third kappa shape index (κ3) is 4.42. The van der Waals surface area contributed by atoms with Gasteiger partial charge < -0.3 is 15.4 Å². The van der Waals surface area contributed by atoms with E-state index in [1.165, 1.54) is 0 Å². The lowest BCUT2D eigenvalue weighted by atomic mass is 10.1. The maximum Gasteiger partial charge on any atom is 0.276 e. The summed E-state index contributed by atoms with van der Waals surface area (Å²) in [6.07, 6.45) is 1.06. The minimum Gasteiger partial charge on any atom is -0.491 e. The number of hydrogen-bond acceptors (Lipinski definition) is 5. The summed E-state index contributed by atoms with van der Waals surface area (Å²) in [6, 6.07) is 7.79. The number of rotatable bonds is 5. The Morgan fingerprint density at radius 1 is 1.33 bits per heavy atom. The number of nitrogens with zero attached hydrogens (tertiary/aromatic N) is 4. The maximum absolute atomic E-state index is 12.9. The van der Waals surface area contributed by atoms with E-state index >= 15 is 0 Å². The lowest BCUT2D eigenvalue weighted by Gasteiger charge is -2.20. The molecule has 2 aromatic rings. The quantitative estimate of drug-likeness (QED) is 0.843. The first-order valence-corrected chi connectivity index (χ1v) is 9.11. The number of hydrogen-bond donors (Lipinski definition) is 1. The number of benzene rings is 1. The third-order valence-corrected chi connectivity index (χ3v) is 4.81. The molecule has 0 aliphatic carbocycles. The number of likely N-dealkylation sites (tertiary alicyclic amines) is 1. The van der Waals surface area contributed by atoms with Crippen LogP contribution in [0.5, 0.6) is 5.75 Å². The molecule has 1 aromatic heterocycles. The highest BCUT2D eigenvalue weighted by Crippen LogP contribution is 2.25. The molecule has 1 aliphatic rings. The third-order valence-electron chi connectivity index (χ3n) is 4.81. The molecule has 148 valence electrons. The Kier molecular flexibility index (Phi) is 6.84. The Labute approximate surface area is 166 Å². The van der Waals surface area contributed by atoms with Crippen molar-refractivity contribution in [2.45, 2.75) is 46.3 Å². The predicted octanol–water partition coefficient (Wildman–Crippen LogP) is 2.59. The molecule has 1 saturated heterocycles. The van der Waals surface area contributed by atoms with Crippen molar-refractivity contribution in [1.82, 2.24) is 19.9 Å². The summed E-state index contributed by atoms with van der Waals surface area (Å²) in [7, 11) is 0. The van der Waals surface area contributed by atoms with E-state index < -0.39 is 0 Å². The Morgan fingerprint density at radius 2 is 2.00 bits per heavy atom. The minimum absolute atomic E-state index is 0. The number of aromatic nitrogens is 3. The summed E-state index contributed by atoms with van der Waals surface area (Å²) in [5.41, 5.74) is 7.75. The Bertz CT molecular complexity index is 775. The normalized spacial score (nSPS) is 19.3. The van der Waals surface area contributed by atoms with Gasteiger partial charge in [-0.25, -0.2) is 4.68 Å². The van der Waals surface area contributed by atoms with Crippen LogP contribution in [-0.4, -0.2) is 51.0 Å². The number of carbonyl (C=O) groups is 1. The number of halogens is 1. The second kappa shape index (κ2) is 8.71. The summed E-state index contributed by atoms with van der Waals surface area (Å²) < 4.78 is 7.35. The van der Waals surface area contributed by atoms with Gasteiger partial charge in [0.1, 0.15) is 5.75 Å². The van der Waals surface area contributed by atoms with Crippen LogP contribution in [0.3, 0.4) is 0 Å². The second-order valence-corrected chi connectivity index (χ2v) is 7.24. The fraction of sp³-hybridized carbons (Fsp3) is 0.526. The van der Waals surface area contributed by atoms with Gasteiger partial charge in [0, 0.05) is 12.6 Å². The molecule has 7 nitrogen and oxygen atoms in total. The molecule has 0 saturated carbocycles. The van der Waals surface area contributed by atoms with Crippen LogP contribution in [0.2, 0.25) is 0 Å². The average molecular weight is 394 g/mol. The lowest BCUT2D eigenvalue weighted by Crippen LogP contribution is -2.35. The van der Waals surface area contributed by atoms with Gasteiger partial charge in [-0.3, -0.25) is 4.79 Å². The van der Waals surface area contributed by atoms with Crippen LogP contribution in [0.1, 0.15) is 43.4 Å². The molecule has 2 heterocycles. The molecule has 1 fully saturated rings. The van der Waals surface area contributed by atoms with E-state index in [2.05, 4.69) is 17.2 Å². The van der Waals surface area contributed by atoms with Gasteiger partial charge in [0.15, 0.2) is 5.69 Å². The minimum atomic E-state index is -0.0723. The number of carbonyl (C=O) groups excluding carboxylic acids is 1. The molecule has 0 bridgehead atoms. The fourth-order valence-corrected chi connectivity index (χ4v) is 3.44. The van der Waals surface area contributed by atoms with Crippen LogP contribution in [-0.2, 0) is 0 Å². The van der Waals surface area contributed by atoms with Crippen LogP contribution < -0.4 is 10.5 Å². The first kappa shape index (κ1) is 21.2. The van der Waals surface area contributed by atoms with E-state index in [0.29, 0.717) is 24.7 Å². The van der Waals surface area contributed by atoms with Crippen molar-refractivity contribution in [1.29, 1.82) is 0 Å². The second-order valence-electron chi connectivity index (χ2n) is 7.24. The molecule has 2 unspecified atom stereocenters. The molecular weight excluding hydrogens is 366 g/mol. The lowest BCUT2D eigenvalue weighted by molar-refractivity contribution is 0.0736. The van der Waals surface area contributed by atoms with Crippen molar-refractivity contribution >= 4 is 18.3 Å². The monoisotopic (exact) mass is 393 g/mol. The number of nitrogens with two attached hydrogens (primary N) is 1. The molecule has 8 heteroatoms. The summed E-state index contributed by atoms with van der Waals surface area (Å²) in [5, 5.41) is 8.34. The Hall–Kier alpha value is -2.12. The first-order chi connectivity index (χ1) is 12.4. The number of ether oxygens (including phenoxy) is 1. The molecule has 1 aliphatic heterocycles. The van der Waals surface area contributed by atoms with E-state index in [4.69, 9.17) is 10.5 Å². The van der Waals surface area contributed by atoms with Gasteiger partial charge in [-0.2, -0.15) is 0 Å². The van der Waals surface area contributed by atoms with Crippen molar-refractivity contribution in [3.8, 4) is 11.4 Å². The Balaban J connectivity index is 0.00000261. The molecule has 0 spiro atoms. The summed E-state index contributed by atoms with van der Waals surface area (Å²) in [5.74, 6) is 1.09. The molecule has 0 radical (unpaired) electrons. The van der Waals surface area contributed by atoms with E-state index in [0.717, 1.165) is 23.6 Å². The van der Waals surface area contributed by atoms with Crippen molar-refractivity contribution in [2.75, 3.05) is 13.1 Å². The van der Waals surface area contributed by atoms with Crippen molar-refractivity contribution in [2.24, 2.45) is 11.7 Å². The van der Waals surface area contributed by atoms with Crippen molar-refractivity contribution in [3.05, 3.63) is 35.7 Å². The molecule has 3 rings (SSSR count). The van der Waals surface area contributed by atoms with Gasteiger partial charge in [-0.15, -0.1) is 17.5 Å². The van der Waals surface area contributed by atoms with Gasteiger partial charge in [0.25, 0.3) is 5.91 Å². The first-order valence-electron chi connectivity index (χ1n) is 9.11. The summed E-state index contributed by atoms with van der Waals surface area (Å²) in [4.78, 5) is 14.8. The van der Waals surface area contributed by atoms with Crippen LogP contribution >= 0.6 is 12.4 Å². The number of amides is 1. The highest BCUT2D eigenvalue weighted by atomic mass is 35.5. The smallest absolute Gasteiger partial charge is 0.276 e. The van der Waals surface area contributed by atoms with Gasteiger partial charge in [-0.05, 0) is 70.8 Å². The topological polar surface area (TPSA) is 86.3 Å². The summed E-state index contributed by atoms with van der Waals surface area (Å²) in [6.45, 7) is 9.19. The molecule has 1 amide bonds. The van der Waals surface area contributed by atoms with Crippen molar-refractivity contribution < 1.29 is 9.53 Å². The zero-order chi connectivity index (χ0) is 18.8. The van der Waals surface area contributed by atoms with Gasteiger partial charge in [0.2, 0.25) is 0 Å². The van der Waals surface area contributed by atoms with E-state index in [1.54, 1.807) is 4.68 Å². The predicted molar refractivity (Wildman–Crippen MR) is 107 cm³/mol. The van der Waals surface area contributed by atoms with Crippen LogP contribution in [0, 0.1) is 12.8 Å². The fourth-order valence-electron chi connectivity index (χ4n) is 3.44. The van der Waals surface area contributed by atoms with E-state index in [-0.39, 0.29) is 30.5 Å². The largest absolute Gasteiger partial charge is 0.491 e. The molecule has 1 aromatic carbocycles. The Morgan fingerprint density at radius 3 is 2.56 bits per heavy atom. The zero-order valence-electron chi connectivity index (χ0n) is 16.3. The maximum atomic E-state index is 12.9. The van der Waals surface area contributed by atoms with Gasteiger partial charge in [-0.1, -0.05) is 5.21 Å². The summed E-state index contributed by atoms with van der Waals surface area (Å²) >= 11 is 0. The van der Waals surface area contributed by atoms with E-state index in [9.17, 15) is 4.79 Å². The average Bonchev–Trinajstić information content (AvgIpc) is 3.17. The van der Waals surface area contributed by atoms with Crippen LogP contribution in [0.25, 0.3) is 5.69 Å². The van der Waals surface area contributed by atoms with Crippen LogP contribution in [0.15, 0.2) is 24.3 Å². The highest BCUT2D eigenvalue weighted by Gasteiger charge is 2.34. The van der Waals surface area contributed by atoms with Crippen molar-refractivity contribution in [3.63, 3.8) is 0 Å². The molecular formula is C19H28ClN5O2.